The number of carboxylic acid groups (broad SMARTS) is 1. The van der Waals surface area contributed by atoms with Crippen LogP contribution in [0.3, 0.4) is 0 Å². The second-order valence-corrected chi connectivity index (χ2v) is 12.1. The number of halogens is 4. The van der Waals surface area contributed by atoms with Crippen molar-refractivity contribution in [3.05, 3.63) is 88.3 Å². The van der Waals surface area contributed by atoms with Crippen LogP contribution >= 0.6 is 11.3 Å². The highest BCUT2D eigenvalue weighted by atomic mass is 32.2. The van der Waals surface area contributed by atoms with Gasteiger partial charge in [-0.1, -0.05) is 30.8 Å². The molecule has 2 heterocycles. The highest BCUT2D eigenvalue weighted by molar-refractivity contribution is 7.89. The van der Waals surface area contributed by atoms with Gasteiger partial charge in [-0.3, -0.25) is 0 Å². The maximum Gasteiger partial charge on any atom is 0.416 e. The molecule has 1 fully saturated rings. The molecule has 3 N–H and O–H groups in total. The molecule has 214 valence electrons. The smallest absolute Gasteiger partial charge is 0.416 e. The van der Waals surface area contributed by atoms with E-state index in [9.17, 15) is 35.9 Å². The van der Waals surface area contributed by atoms with Crippen molar-refractivity contribution in [2.75, 3.05) is 0 Å². The molecule has 0 amide bonds. The molecule has 1 saturated carbocycles. The fourth-order valence-corrected chi connectivity index (χ4v) is 5.79. The predicted molar refractivity (Wildman–Crippen MR) is 144 cm³/mol. The van der Waals surface area contributed by atoms with E-state index < -0.39 is 38.5 Å². The molecule has 0 atom stereocenters. The van der Waals surface area contributed by atoms with E-state index in [-0.39, 0.29) is 22.8 Å². The maximum absolute atomic E-state index is 14.7. The SMILES string of the molecule is C=C(c1cccc(-c2nn(-c3nc(C(=O)O)cs3)c(CC3CC3)c2Cc2ccc(S(N)(=O)=O)c(F)c2)c1)C(F)(F)F. The van der Waals surface area contributed by atoms with Crippen LogP contribution in [0, 0.1) is 11.7 Å². The lowest BCUT2D eigenvalue weighted by atomic mass is 9.95. The summed E-state index contributed by atoms with van der Waals surface area (Å²) in [6.45, 7) is 3.18. The molecule has 2 aromatic heterocycles. The van der Waals surface area contributed by atoms with Gasteiger partial charge in [0.2, 0.25) is 15.2 Å². The molecule has 1 aliphatic rings. The number of carbonyl (C=O) groups is 1. The first-order chi connectivity index (χ1) is 19.2. The second kappa shape index (κ2) is 10.5. The van der Waals surface area contributed by atoms with Crippen LogP contribution in [0.15, 0.2) is 59.3 Å². The minimum absolute atomic E-state index is 0.0425. The third-order valence-corrected chi connectivity index (χ3v) is 8.43. The number of rotatable bonds is 9. The number of primary sulfonamides is 1. The van der Waals surface area contributed by atoms with E-state index in [1.807, 2.05) is 0 Å². The quantitative estimate of drug-likeness (QED) is 0.239. The normalized spacial score (nSPS) is 13.9. The highest BCUT2D eigenvalue weighted by Crippen LogP contribution is 2.39. The Labute approximate surface area is 235 Å². The van der Waals surface area contributed by atoms with Gasteiger partial charge in [0.05, 0.1) is 17.0 Å². The van der Waals surface area contributed by atoms with Gasteiger partial charge in [-0.15, -0.1) is 11.3 Å². The molecule has 14 heteroatoms. The van der Waals surface area contributed by atoms with Crippen molar-refractivity contribution in [3.63, 3.8) is 0 Å². The Morgan fingerprint density at radius 1 is 1.20 bits per heavy atom. The summed E-state index contributed by atoms with van der Waals surface area (Å²) < 4.78 is 79.9. The van der Waals surface area contributed by atoms with Gasteiger partial charge in [0.1, 0.15) is 10.7 Å². The summed E-state index contributed by atoms with van der Waals surface area (Å²) in [6, 6.07) is 9.11. The molecule has 0 unspecified atom stereocenters. The summed E-state index contributed by atoms with van der Waals surface area (Å²) in [5.74, 6) is -1.97. The Morgan fingerprint density at radius 2 is 1.93 bits per heavy atom. The van der Waals surface area contributed by atoms with E-state index in [0.29, 0.717) is 40.4 Å². The van der Waals surface area contributed by atoms with Crippen LogP contribution in [0.4, 0.5) is 17.6 Å². The van der Waals surface area contributed by atoms with E-state index in [2.05, 4.69) is 11.6 Å². The molecule has 0 aliphatic heterocycles. The molecule has 1 aliphatic carbocycles. The molecule has 2 aromatic carbocycles. The van der Waals surface area contributed by atoms with Crippen molar-refractivity contribution in [1.82, 2.24) is 14.8 Å². The van der Waals surface area contributed by atoms with Crippen LogP contribution in [0.5, 0.6) is 0 Å². The number of allylic oxidation sites excluding steroid dienone is 1. The van der Waals surface area contributed by atoms with E-state index >= 15 is 0 Å². The van der Waals surface area contributed by atoms with Crippen LogP contribution in [0.25, 0.3) is 22.0 Å². The average molecular weight is 607 g/mol. The number of hydrogen-bond acceptors (Lipinski definition) is 6. The minimum atomic E-state index is -4.66. The number of carboxylic acids is 1. The molecule has 41 heavy (non-hydrogen) atoms. The summed E-state index contributed by atoms with van der Waals surface area (Å²) >= 11 is 1.04. The number of benzene rings is 2. The Bertz CT molecular complexity index is 1790. The standard InChI is InChI=1S/C27H22F4N4O4S2/c1-14(27(29,30)31)17-3-2-4-18(12-17)24-19(9-16-7-8-23(20(28)10-16)41(32,38)39)22(11-15-5-6-15)35(34-24)26-33-21(13-40-26)25(36)37/h2-4,7-8,10,12-13,15H,1,5-6,9,11H2,(H,36,37)(H2,32,38,39). The van der Waals surface area contributed by atoms with Crippen LogP contribution in [0.2, 0.25) is 0 Å². The number of thiazole rings is 1. The minimum Gasteiger partial charge on any atom is -0.476 e. The first-order valence-electron chi connectivity index (χ1n) is 12.2. The van der Waals surface area contributed by atoms with Crippen molar-refractivity contribution >= 4 is 32.9 Å². The van der Waals surface area contributed by atoms with Crippen molar-refractivity contribution in [2.45, 2.75) is 36.8 Å². The number of aromatic nitrogens is 3. The third kappa shape index (κ3) is 6.09. The number of nitrogens with two attached hydrogens (primary N) is 1. The number of nitrogens with zero attached hydrogens (tertiary/aromatic N) is 3. The fraction of sp³-hybridized carbons (Fsp3) is 0.222. The van der Waals surface area contributed by atoms with Crippen molar-refractivity contribution in [1.29, 1.82) is 0 Å². The highest BCUT2D eigenvalue weighted by Gasteiger charge is 2.34. The topological polar surface area (TPSA) is 128 Å². The fourth-order valence-electron chi connectivity index (χ4n) is 4.43. The van der Waals surface area contributed by atoms with Crippen LogP contribution in [-0.2, 0) is 22.9 Å². The van der Waals surface area contributed by atoms with E-state index in [0.717, 1.165) is 36.3 Å². The first-order valence-corrected chi connectivity index (χ1v) is 14.6. The monoisotopic (exact) mass is 606 g/mol. The number of aromatic carboxylic acids is 1. The predicted octanol–water partition coefficient (Wildman–Crippen LogP) is 5.60. The van der Waals surface area contributed by atoms with E-state index in [4.69, 9.17) is 10.2 Å². The second-order valence-electron chi connectivity index (χ2n) is 9.70. The Balaban J connectivity index is 1.70. The summed E-state index contributed by atoms with van der Waals surface area (Å²) in [4.78, 5) is 15.0. The Kier molecular flexibility index (Phi) is 7.34. The van der Waals surface area contributed by atoms with E-state index in [1.54, 1.807) is 6.07 Å². The summed E-state index contributed by atoms with van der Waals surface area (Å²) in [5.41, 5.74) is 0.802. The van der Waals surface area contributed by atoms with Crippen molar-refractivity contribution in [3.8, 4) is 16.4 Å². The third-order valence-electron chi connectivity index (χ3n) is 6.67. The summed E-state index contributed by atoms with van der Waals surface area (Å²) in [7, 11) is -4.30. The van der Waals surface area contributed by atoms with Gasteiger partial charge in [-0.05, 0) is 54.5 Å². The maximum atomic E-state index is 14.7. The van der Waals surface area contributed by atoms with Crippen LogP contribution in [0.1, 0.15) is 45.7 Å². The molecule has 0 spiro atoms. The van der Waals surface area contributed by atoms with Crippen molar-refractivity contribution < 1.29 is 35.9 Å². The largest absolute Gasteiger partial charge is 0.476 e. The first kappa shape index (κ1) is 28.6. The molecule has 4 aromatic rings. The summed E-state index contributed by atoms with van der Waals surface area (Å²) in [5, 5.41) is 20.8. The Morgan fingerprint density at radius 3 is 2.51 bits per heavy atom. The van der Waals surface area contributed by atoms with Gasteiger partial charge in [0.15, 0.2) is 5.69 Å². The number of alkyl halides is 3. The van der Waals surface area contributed by atoms with Crippen LogP contribution < -0.4 is 5.14 Å². The van der Waals surface area contributed by atoms with Crippen molar-refractivity contribution in [2.24, 2.45) is 11.1 Å². The van der Waals surface area contributed by atoms with Gasteiger partial charge in [-0.2, -0.15) is 18.3 Å². The Hall–Kier alpha value is -3.88. The zero-order chi connectivity index (χ0) is 29.7. The number of hydrogen-bond donors (Lipinski definition) is 2. The number of sulfonamides is 1. The lowest BCUT2D eigenvalue weighted by Gasteiger charge is -2.12. The molecular weight excluding hydrogens is 584 g/mol. The van der Waals surface area contributed by atoms with Gasteiger partial charge >= 0.3 is 12.1 Å². The zero-order valence-corrected chi connectivity index (χ0v) is 22.8. The molecule has 0 saturated heterocycles. The van der Waals surface area contributed by atoms with Gasteiger partial charge < -0.3 is 5.11 Å². The molecular formula is C27H22F4N4O4S2. The lowest BCUT2D eigenvalue weighted by Crippen LogP contribution is -2.14. The molecule has 5 rings (SSSR count). The van der Waals surface area contributed by atoms with Gasteiger partial charge in [0, 0.05) is 22.9 Å². The average Bonchev–Trinajstić information content (AvgIpc) is 3.44. The zero-order valence-electron chi connectivity index (χ0n) is 21.2. The van der Waals surface area contributed by atoms with E-state index in [1.165, 1.54) is 34.3 Å². The molecule has 0 radical (unpaired) electrons. The molecule has 0 bridgehead atoms. The van der Waals surface area contributed by atoms with Crippen LogP contribution in [-0.4, -0.2) is 40.4 Å². The summed E-state index contributed by atoms with van der Waals surface area (Å²) in [6.07, 6.45) is -2.22. The molecule has 8 nitrogen and oxygen atoms in total. The van der Waals surface area contributed by atoms with Gasteiger partial charge in [-0.25, -0.2) is 32.4 Å². The lowest BCUT2D eigenvalue weighted by molar-refractivity contribution is -0.0686. The van der Waals surface area contributed by atoms with Gasteiger partial charge in [0.25, 0.3) is 0 Å².